The molecule has 0 fully saturated rings. The van der Waals surface area contributed by atoms with Gasteiger partial charge in [0, 0.05) is 5.69 Å². The van der Waals surface area contributed by atoms with Gasteiger partial charge in [0.15, 0.2) is 0 Å². The van der Waals surface area contributed by atoms with Gasteiger partial charge >= 0.3 is 0 Å². The largest absolute Gasteiger partial charge is 0.312 e. The third-order valence-corrected chi connectivity index (χ3v) is 3.99. The molecule has 0 aliphatic carbocycles. The highest BCUT2D eigenvalue weighted by Crippen LogP contribution is 2.20. The smallest absolute Gasteiger partial charge is 0.266 e. The standard InChI is InChI=1S/C16H14N2O2S/c1-8-4-5-12(9(2)6-8)18-10(3)7-11-13(16(18)20)15(21)17-14(11)19/h4-7H,1-3H3,(H,17,19,21). The van der Waals surface area contributed by atoms with Gasteiger partial charge in [-0.1, -0.05) is 29.9 Å². The predicted octanol–water partition coefficient (Wildman–Crippen LogP) is 2.18. The lowest BCUT2D eigenvalue weighted by atomic mass is 10.1. The van der Waals surface area contributed by atoms with Crippen LogP contribution in [-0.2, 0) is 0 Å². The molecule has 0 atom stereocenters. The van der Waals surface area contributed by atoms with Crippen LogP contribution in [0.1, 0.15) is 32.7 Å². The Hall–Kier alpha value is -2.27. The van der Waals surface area contributed by atoms with E-state index in [4.69, 9.17) is 12.2 Å². The summed E-state index contributed by atoms with van der Waals surface area (Å²) in [6.07, 6.45) is 0. The molecule has 21 heavy (non-hydrogen) atoms. The number of fused-ring (bicyclic) bond motifs is 1. The zero-order chi connectivity index (χ0) is 15.3. The van der Waals surface area contributed by atoms with E-state index < -0.39 is 0 Å². The van der Waals surface area contributed by atoms with Crippen LogP contribution in [-0.4, -0.2) is 15.5 Å². The van der Waals surface area contributed by atoms with Gasteiger partial charge in [-0.3, -0.25) is 14.2 Å². The molecule has 0 spiro atoms. The zero-order valence-electron chi connectivity index (χ0n) is 12.0. The molecule has 1 N–H and O–H groups in total. The Morgan fingerprint density at radius 2 is 1.81 bits per heavy atom. The molecule has 5 heteroatoms. The summed E-state index contributed by atoms with van der Waals surface area (Å²) in [5, 5.41) is 2.53. The van der Waals surface area contributed by atoms with Gasteiger partial charge in [0.2, 0.25) is 0 Å². The topological polar surface area (TPSA) is 51.1 Å². The molecule has 4 nitrogen and oxygen atoms in total. The molecule has 1 aliphatic heterocycles. The summed E-state index contributed by atoms with van der Waals surface area (Å²) in [5.74, 6) is -0.303. The summed E-state index contributed by atoms with van der Waals surface area (Å²) < 4.78 is 1.61. The zero-order valence-corrected chi connectivity index (χ0v) is 12.8. The molecule has 1 amide bonds. The van der Waals surface area contributed by atoms with Gasteiger partial charge in [0.25, 0.3) is 11.5 Å². The average Bonchev–Trinajstić information content (AvgIpc) is 2.67. The minimum absolute atomic E-state index is 0.207. The van der Waals surface area contributed by atoms with Crippen LogP contribution < -0.4 is 10.9 Å². The highest BCUT2D eigenvalue weighted by Gasteiger charge is 2.29. The maximum Gasteiger partial charge on any atom is 0.266 e. The van der Waals surface area contributed by atoms with Crippen molar-refractivity contribution in [3.63, 3.8) is 0 Å². The lowest BCUT2D eigenvalue weighted by Crippen LogP contribution is -2.28. The van der Waals surface area contributed by atoms with E-state index in [2.05, 4.69) is 5.32 Å². The maximum atomic E-state index is 12.8. The SMILES string of the molecule is Cc1ccc(-n2c(C)cc3c(c2=O)C(=S)NC3=O)c(C)c1. The van der Waals surface area contributed by atoms with Gasteiger partial charge in [-0.25, -0.2) is 0 Å². The number of amides is 1. The number of benzene rings is 1. The summed E-state index contributed by atoms with van der Waals surface area (Å²) in [6, 6.07) is 7.61. The van der Waals surface area contributed by atoms with E-state index in [0.717, 1.165) is 16.8 Å². The highest BCUT2D eigenvalue weighted by atomic mass is 32.1. The number of hydrogen-bond donors (Lipinski definition) is 1. The number of aryl methyl sites for hydroxylation is 3. The second-order valence-corrected chi connectivity index (χ2v) is 5.70. The second-order valence-electron chi connectivity index (χ2n) is 5.29. The first-order valence-electron chi connectivity index (χ1n) is 6.60. The lowest BCUT2D eigenvalue weighted by Gasteiger charge is -2.14. The first-order valence-corrected chi connectivity index (χ1v) is 7.01. The first kappa shape index (κ1) is 13.7. The van der Waals surface area contributed by atoms with Crippen molar-refractivity contribution in [1.29, 1.82) is 0 Å². The quantitative estimate of drug-likeness (QED) is 0.821. The van der Waals surface area contributed by atoms with Gasteiger partial charge in [-0.15, -0.1) is 0 Å². The molecule has 1 aliphatic rings. The third kappa shape index (κ3) is 2.01. The minimum Gasteiger partial charge on any atom is -0.312 e. The van der Waals surface area contributed by atoms with E-state index in [0.29, 0.717) is 16.8 Å². The molecule has 1 aromatic carbocycles. The fourth-order valence-electron chi connectivity index (χ4n) is 2.72. The van der Waals surface area contributed by atoms with E-state index in [1.165, 1.54) is 0 Å². The number of pyridine rings is 1. The molecule has 3 rings (SSSR count). The molecular formula is C16H14N2O2S. The Morgan fingerprint density at radius 3 is 2.48 bits per heavy atom. The number of carbonyl (C=O) groups is 1. The van der Waals surface area contributed by atoms with Gasteiger partial charge in [0.05, 0.1) is 16.8 Å². The van der Waals surface area contributed by atoms with E-state index in [-0.39, 0.29) is 16.5 Å². The van der Waals surface area contributed by atoms with Crippen molar-refractivity contribution in [1.82, 2.24) is 9.88 Å². The van der Waals surface area contributed by atoms with E-state index in [9.17, 15) is 9.59 Å². The van der Waals surface area contributed by atoms with Crippen molar-refractivity contribution in [2.75, 3.05) is 0 Å². The Labute approximate surface area is 127 Å². The van der Waals surface area contributed by atoms with Crippen molar-refractivity contribution in [2.24, 2.45) is 0 Å². The molecular weight excluding hydrogens is 284 g/mol. The molecule has 0 saturated heterocycles. The maximum absolute atomic E-state index is 12.8. The number of thiocarbonyl (C=S) groups is 1. The van der Waals surface area contributed by atoms with E-state index in [1.807, 2.05) is 39.0 Å². The first-order chi connectivity index (χ1) is 9.90. The van der Waals surface area contributed by atoms with Crippen LogP contribution in [0.3, 0.4) is 0 Å². The molecule has 1 aromatic heterocycles. The third-order valence-electron chi connectivity index (χ3n) is 3.68. The summed E-state index contributed by atoms with van der Waals surface area (Å²) >= 11 is 5.10. The Kier molecular flexibility index (Phi) is 3.02. The van der Waals surface area contributed by atoms with Crippen LogP contribution in [0.4, 0.5) is 0 Å². The monoisotopic (exact) mass is 298 g/mol. The van der Waals surface area contributed by atoms with Crippen molar-refractivity contribution in [3.8, 4) is 5.69 Å². The summed E-state index contributed by atoms with van der Waals surface area (Å²) in [4.78, 5) is 24.8. The number of nitrogens with one attached hydrogen (secondary N) is 1. The van der Waals surface area contributed by atoms with E-state index in [1.54, 1.807) is 10.6 Å². The van der Waals surface area contributed by atoms with Crippen LogP contribution in [0, 0.1) is 20.8 Å². The number of nitrogens with zero attached hydrogens (tertiary/aromatic N) is 1. The Morgan fingerprint density at radius 1 is 1.10 bits per heavy atom. The van der Waals surface area contributed by atoms with Crippen LogP contribution in [0.2, 0.25) is 0 Å². The van der Waals surface area contributed by atoms with Crippen LogP contribution in [0.25, 0.3) is 5.69 Å². The van der Waals surface area contributed by atoms with Gasteiger partial charge in [0.1, 0.15) is 4.99 Å². The number of rotatable bonds is 1. The van der Waals surface area contributed by atoms with Crippen molar-refractivity contribution in [2.45, 2.75) is 20.8 Å². The molecule has 2 heterocycles. The molecule has 0 saturated carbocycles. The number of hydrogen-bond acceptors (Lipinski definition) is 3. The van der Waals surface area contributed by atoms with Crippen molar-refractivity contribution >= 4 is 23.1 Å². The molecule has 2 aromatic rings. The Balaban J connectivity index is 2.36. The van der Waals surface area contributed by atoms with Gasteiger partial charge in [-0.05, 0) is 38.5 Å². The van der Waals surface area contributed by atoms with Gasteiger partial charge in [-0.2, -0.15) is 0 Å². The van der Waals surface area contributed by atoms with Crippen molar-refractivity contribution in [3.05, 3.63) is 62.6 Å². The fraction of sp³-hybridized carbons (Fsp3) is 0.188. The lowest BCUT2D eigenvalue weighted by molar-refractivity contribution is 0.0983. The molecule has 0 unspecified atom stereocenters. The summed E-state index contributed by atoms with van der Waals surface area (Å²) in [5.41, 5.74) is 4.07. The second kappa shape index (κ2) is 4.63. The predicted molar refractivity (Wildman–Crippen MR) is 85.4 cm³/mol. The number of carbonyl (C=O) groups excluding carboxylic acids is 1. The fourth-order valence-corrected chi connectivity index (χ4v) is 3.01. The van der Waals surface area contributed by atoms with Crippen LogP contribution in [0.5, 0.6) is 0 Å². The highest BCUT2D eigenvalue weighted by molar-refractivity contribution is 7.80. The number of aromatic nitrogens is 1. The molecule has 0 radical (unpaired) electrons. The summed E-state index contributed by atoms with van der Waals surface area (Å²) in [6.45, 7) is 5.78. The normalized spacial score (nSPS) is 13.3. The minimum atomic E-state index is -0.303. The molecule has 0 bridgehead atoms. The van der Waals surface area contributed by atoms with Crippen LogP contribution in [0.15, 0.2) is 29.1 Å². The Bertz CT molecular complexity index is 865. The van der Waals surface area contributed by atoms with Gasteiger partial charge < -0.3 is 5.32 Å². The average molecular weight is 298 g/mol. The molecule has 106 valence electrons. The van der Waals surface area contributed by atoms with Crippen molar-refractivity contribution < 1.29 is 4.79 Å². The van der Waals surface area contributed by atoms with E-state index >= 15 is 0 Å². The van der Waals surface area contributed by atoms with Crippen LogP contribution >= 0.6 is 12.2 Å². The summed E-state index contributed by atoms with van der Waals surface area (Å²) in [7, 11) is 0.